The number of allylic oxidation sites excluding steroid dienone is 1. The van der Waals surface area contributed by atoms with Crippen molar-refractivity contribution in [3.63, 3.8) is 0 Å². The van der Waals surface area contributed by atoms with E-state index in [0.717, 1.165) is 5.56 Å². The number of fused-ring (bicyclic) bond motifs is 1. The van der Waals surface area contributed by atoms with Crippen molar-refractivity contribution in [2.45, 2.75) is 0 Å². The highest BCUT2D eigenvalue weighted by Crippen LogP contribution is 2.31. The monoisotopic (exact) mass is 293 g/mol. The van der Waals surface area contributed by atoms with Crippen molar-refractivity contribution in [2.75, 3.05) is 14.2 Å². The van der Waals surface area contributed by atoms with Crippen molar-refractivity contribution in [3.8, 4) is 5.75 Å². The highest BCUT2D eigenvalue weighted by molar-refractivity contribution is 6.15. The van der Waals surface area contributed by atoms with Crippen LogP contribution in [0.2, 0.25) is 0 Å². The fourth-order valence-electron chi connectivity index (χ4n) is 2.50. The van der Waals surface area contributed by atoms with Crippen LogP contribution in [-0.2, 0) is 0 Å². The average molecular weight is 293 g/mol. The van der Waals surface area contributed by atoms with Crippen LogP contribution < -0.4 is 4.74 Å². The third-order valence-electron chi connectivity index (χ3n) is 3.74. The van der Waals surface area contributed by atoms with Gasteiger partial charge in [0.25, 0.3) is 5.91 Å². The number of ketones is 1. The molecule has 22 heavy (non-hydrogen) atoms. The zero-order valence-corrected chi connectivity index (χ0v) is 12.4. The Morgan fingerprint density at radius 1 is 1.05 bits per heavy atom. The Morgan fingerprint density at radius 3 is 2.32 bits per heavy atom. The van der Waals surface area contributed by atoms with Crippen LogP contribution in [0.4, 0.5) is 0 Å². The quantitative estimate of drug-likeness (QED) is 0.645. The first-order valence-electron chi connectivity index (χ1n) is 6.89. The summed E-state index contributed by atoms with van der Waals surface area (Å²) < 4.78 is 5.08. The average Bonchev–Trinajstić information content (AvgIpc) is 2.80. The number of hydrogen-bond acceptors (Lipinski definition) is 3. The van der Waals surface area contributed by atoms with E-state index >= 15 is 0 Å². The first-order chi connectivity index (χ1) is 10.6. The van der Waals surface area contributed by atoms with Gasteiger partial charge in [0, 0.05) is 29.8 Å². The number of methoxy groups -OCH3 is 1. The molecular formula is C18H15NO3. The molecule has 1 heterocycles. The molecule has 1 aliphatic rings. The van der Waals surface area contributed by atoms with Gasteiger partial charge < -0.3 is 9.64 Å². The summed E-state index contributed by atoms with van der Waals surface area (Å²) in [4.78, 5) is 26.1. The van der Waals surface area contributed by atoms with Gasteiger partial charge in [-0.05, 0) is 30.3 Å². The molecule has 2 aromatic carbocycles. The first-order valence-corrected chi connectivity index (χ1v) is 6.89. The third-order valence-corrected chi connectivity index (χ3v) is 3.74. The molecule has 0 radical (unpaired) electrons. The van der Waals surface area contributed by atoms with E-state index in [9.17, 15) is 9.59 Å². The normalized spacial score (nSPS) is 15.1. The molecule has 3 rings (SSSR count). The Kier molecular flexibility index (Phi) is 3.51. The minimum absolute atomic E-state index is 0.0932. The lowest BCUT2D eigenvalue weighted by molar-refractivity contribution is 0.0874. The van der Waals surface area contributed by atoms with Crippen LogP contribution >= 0.6 is 0 Å². The van der Waals surface area contributed by atoms with Crippen molar-refractivity contribution in [2.24, 2.45) is 0 Å². The number of amides is 1. The van der Waals surface area contributed by atoms with Crippen LogP contribution in [-0.4, -0.2) is 30.7 Å². The SMILES string of the molecule is COc1ccc(C(=O)C=C2c3ccccc3C(=O)N2C)cc1. The van der Waals surface area contributed by atoms with Crippen molar-refractivity contribution in [3.05, 3.63) is 71.3 Å². The summed E-state index contributed by atoms with van der Waals surface area (Å²) in [6.07, 6.45) is 1.51. The van der Waals surface area contributed by atoms with Crippen LogP contribution in [0.15, 0.2) is 54.6 Å². The molecule has 4 nitrogen and oxygen atoms in total. The largest absolute Gasteiger partial charge is 0.497 e. The fraction of sp³-hybridized carbons (Fsp3) is 0.111. The van der Waals surface area contributed by atoms with Gasteiger partial charge in [0.2, 0.25) is 0 Å². The summed E-state index contributed by atoms with van der Waals surface area (Å²) in [5.41, 5.74) is 2.59. The van der Waals surface area contributed by atoms with E-state index in [0.29, 0.717) is 22.6 Å². The molecule has 0 aliphatic carbocycles. The maximum absolute atomic E-state index is 12.4. The van der Waals surface area contributed by atoms with Gasteiger partial charge in [-0.25, -0.2) is 0 Å². The molecule has 0 bridgehead atoms. The lowest BCUT2D eigenvalue weighted by Crippen LogP contribution is -2.17. The molecule has 0 saturated carbocycles. The number of ether oxygens (including phenoxy) is 1. The topological polar surface area (TPSA) is 46.6 Å². The molecule has 0 N–H and O–H groups in total. The van der Waals surface area contributed by atoms with E-state index in [-0.39, 0.29) is 11.7 Å². The summed E-state index contributed by atoms with van der Waals surface area (Å²) in [7, 11) is 3.25. The summed E-state index contributed by atoms with van der Waals surface area (Å²) in [5, 5.41) is 0. The van der Waals surface area contributed by atoms with Gasteiger partial charge in [0.15, 0.2) is 5.78 Å². The number of rotatable bonds is 3. The second-order valence-corrected chi connectivity index (χ2v) is 5.03. The fourth-order valence-corrected chi connectivity index (χ4v) is 2.50. The van der Waals surface area contributed by atoms with Crippen LogP contribution in [0, 0.1) is 0 Å². The van der Waals surface area contributed by atoms with E-state index < -0.39 is 0 Å². The molecule has 0 fully saturated rings. The maximum Gasteiger partial charge on any atom is 0.258 e. The van der Waals surface area contributed by atoms with Crippen molar-refractivity contribution in [1.82, 2.24) is 4.90 Å². The van der Waals surface area contributed by atoms with Crippen LogP contribution in [0.1, 0.15) is 26.3 Å². The lowest BCUT2D eigenvalue weighted by Gasteiger charge is -2.11. The van der Waals surface area contributed by atoms with Gasteiger partial charge in [-0.3, -0.25) is 9.59 Å². The standard InChI is InChI=1S/C18H15NO3/c1-19-16(14-5-3-4-6-15(14)18(19)21)11-17(20)12-7-9-13(22-2)10-8-12/h3-11H,1-2H3. The second kappa shape index (κ2) is 5.48. The highest BCUT2D eigenvalue weighted by Gasteiger charge is 2.29. The molecule has 110 valence electrons. The number of benzene rings is 2. The molecule has 0 spiro atoms. The molecular weight excluding hydrogens is 278 g/mol. The van der Waals surface area contributed by atoms with Gasteiger partial charge in [-0.2, -0.15) is 0 Å². The first kappa shape index (κ1) is 14.1. The zero-order chi connectivity index (χ0) is 15.7. The molecule has 2 aromatic rings. The van der Waals surface area contributed by atoms with E-state index in [2.05, 4.69) is 0 Å². The molecule has 0 saturated heterocycles. The third kappa shape index (κ3) is 2.29. The lowest BCUT2D eigenvalue weighted by atomic mass is 10.1. The van der Waals surface area contributed by atoms with E-state index in [1.165, 1.54) is 11.0 Å². The van der Waals surface area contributed by atoms with Gasteiger partial charge in [0.1, 0.15) is 5.75 Å². The number of nitrogens with zero attached hydrogens (tertiary/aromatic N) is 1. The Labute approximate surface area is 128 Å². The van der Waals surface area contributed by atoms with Crippen molar-refractivity contribution in [1.29, 1.82) is 0 Å². The van der Waals surface area contributed by atoms with Crippen LogP contribution in [0.25, 0.3) is 5.70 Å². The highest BCUT2D eigenvalue weighted by atomic mass is 16.5. The number of carbonyl (C=O) groups excluding carboxylic acids is 2. The summed E-state index contributed by atoms with van der Waals surface area (Å²) in [6.45, 7) is 0. The van der Waals surface area contributed by atoms with E-state index in [1.54, 1.807) is 44.5 Å². The van der Waals surface area contributed by atoms with Crippen molar-refractivity contribution >= 4 is 17.4 Å². The Balaban J connectivity index is 1.97. The summed E-state index contributed by atoms with van der Waals surface area (Å²) >= 11 is 0. The molecule has 0 atom stereocenters. The van der Waals surface area contributed by atoms with E-state index in [4.69, 9.17) is 4.74 Å². The molecule has 1 aliphatic heterocycles. The smallest absolute Gasteiger partial charge is 0.258 e. The van der Waals surface area contributed by atoms with Gasteiger partial charge >= 0.3 is 0 Å². The molecule has 4 heteroatoms. The predicted molar refractivity (Wildman–Crippen MR) is 83.8 cm³/mol. The molecule has 0 aromatic heterocycles. The van der Waals surface area contributed by atoms with Gasteiger partial charge in [-0.1, -0.05) is 18.2 Å². The second-order valence-electron chi connectivity index (χ2n) is 5.03. The molecule has 1 amide bonds. The van der Waals surface area contributed by atoms with Gasteiger partial charge in [-0.15, -0.1) is 0 Å². The zero-order valence-electron chi connectivity index (χ0n) is 12.4. The van der Waals surface area contributed by atoms with Crippen molar-refractivity contribution < 1.29 is 14.3 Å². The van der Waals surface area contributed by atoms with Crippen LogP contribution in [0.5, 0.6) is 5.75 Å². The summed E-state index contributed by atoms with van der Waals surface area (Å²) in [5.74, 6) is 0.459. The maximum atomic E-state index is 12.4. The number of hydrogen-bond donors (Lipinski definition) is 0. The number of carbonyl (C=O) groups is 2. The minimum atomic E-state index is -0.144. The Bertz CT molecular complexity index is 775. The Morgan fingerprint density at radius 2 is 1.68 bits per heavy atom. The summed E-state index contributed by atoms with van der Waals surface area (Å²) in [6, 6.07) is 14.2. The predicted octanol–water partition coefficient (Wildman–Crippen LogP) is 3.00. The molecule has 0 unspecified atom stereocenters. The van der Waals surface area contributed by atoms with E-state index in [1.807, 2.05) is 18.2 Å². The van der Waals surface area contributed by atoms with Gasteiger partial charge in [0.05, 0.1) is 12.8 Å². The van der Waals surface area contributed by atoms with Crippen LogP contribution in [0.3, 0.4) is 0 Å². The Hall–Kier alpha value is -2.88. The minimum Gasteiger partial charge on any atom is -0.497 e.